The highest BCUT2D eigenvalue weighted by Crippen LogP contribution is 2.40. The minimum absolute atomic E-state index is 0.489. The largest absolute Gasteiger partial charge is 0.397 e. The van der Waals surface area contributed by atoms with E-state index in [1.807, 2.05) is 0 Å². The van der Waals surface area contributed by atoms with Crippen LogP contribution in [0.15, 0.2) is 10.5 Å². The number of nitrogens with one attached hydrogen (secondary N) is 1. The molecule has 0 heterocycles. The Morgan fingerprint density at radius 1 is 1.24 bits per heavy atom. The summed E-state index contributed by atoms with van der Waals surface area (Å²) < 4.78 is 0.771. The summed E-state index contributed by atoms with van der Waals surface area (Å²) in [5, 5.41) is 3.96. The summed E-state index contributed by atoms with van der Waals surface area (Å²) in [6.07, 6.45) is 6.26. The van der Waals surface area contributed by atoms with Crippen LogP contribution in [-0.2, 0) is 0 Å². The van der Waals surface area contributed by atoms with Gasteiger partial charge < -0.3 is 16.8 Å². The summed E-state index contributed by atoms with van der Waals surface area (Å²) in [6.45, 7) is 0. The molecule has 3 nitrogen and oxygen atoms in total. The minimum Gasteiger partial charge on any atom is -0.397 e. The second kappa shape index (κ2) is 5.36. The van der Waals surface area contributed by atoms with Crippen LogP contribution in [0.3, 0.4) is 0 Å². The number of benzene rings is 1. The minimum atomic E-state index is 0.489. The van der Waals surface area contributed by atoms with Gasteiger partial charge in [-0.05, 0) is 34.8 Å². The first kappa shape index (κ1) is 12.8. The number of rotatable bonds is 2. The molecule has 1 saturated carbocycles. The molecule has 0 bridgehead atoms. The van der Waals surface area contributed by atoms with Crippen molar-refractivity contribution in [3.05, 3.63) is 15.6 Å². The number of hydrogen-bond acceptors (Lipinski definition) is 3. The Hall–Kier alpha value is -0.610. The SMILES string of the molecule is Nc1cc(Cl)c(N)c(Br)c1NC1CCCCC1. The third-order valence-corrected chi connectivity index (χ3v) is 4.37. The van der Waals surface area contributed by atoms with Gasteiger partial charge in [0, 0.05) is 6.04 Å². The predicted molar refractivity (Wildman–Crippen MR) is 78.5 cm³/mol. The van der Waals surface area contributed by atoms with Gasteiger partial charge in [0.05, 0.1) is 26.6 Å². The number of nitrogen functional groups attached to an aromatic ring is 2. The third kappa shape index (κ3) is 2.80. The highest BCUT2D eigenvalue weighted by atomic mass is 79.9. The van der Waals surface area contributed by atoms with Gasteiger partial charge in [0.1, 0.15) is 0 Å². The Morgan fingerprint density at radius 2 is 1.88 bits per heavy atom. The molecule has 17 heavy (non-hydrogen) atoms. The lowest BCUT2D eigenvalue weighted by atomic mass is 9.95. The van der Waals surface area contributed by atoms with Crippen molar-refractivity contribution in [3.8, 4) is 0 Å². The van der Waals surface area contributed by atoms with Crippen molar-refractivity contribution in [1.29, 1.82) is 0 Å². The van der Waals surface area contributed by atoms with Crippen molar-refractivity contribution in [3.63, 3.8) is 0 Å². The van der Waals surface area contributed by atoms with E-state index in [0.29, 0.717) is 22.4 Å². The van der Waals surface area contributed by atoms with Crippen molar-refractivity contribution in [2.75, 3.05) is 16.8 Å². The van der Waals surface area contributed by atoms with Gasteiger partial charge in [-0.15, -0.1) is 0 Å². The van der Waals surface area contributed by atoms with Gasteiger partial charge in [-0.25, -0.2) is 0 Å². The zero-order chi connectivity index (χ0) is 12.4. The maximum absolute atomic E-state index is 5.98. The van der Waals surface area contributed by atoms with Crippen molar-refractivity contribution < 1.29 is 0 Å². The first-order chi connectivity index (χ1) is 8.09. The van der Waals surface area contributed by atoms with Crippen molar-refractivity contribution >= 4 is 44.6 Å². The zero-order valence-corrected chi connectivity index (χ0v) is 11.9. The maximum atomic E-state index is 5.98. The van der Waals surface area contributed by atoms with Crippen LogP contribution < -0.4 is 16.8 Å². The van der Waals surface area contributed by atoms with E-state index >= 15 is 0 Å². The number of anilines is 3. The van der Waals surface area contributed by atoms with Gasteiger partial charge in [-0.1, -0.05) is 30.9 Å². The van der Waals surface area contributed by atoms with E-state index in [1.54, 1.807) is 6.07 Å². The zero-order valence-electron chi connectivity index (χ0n) is 9.60. The Bertz CT molecular complexity index is 417. The monoisotopic (exact) mass is 317 g/mol. The van der Waals surface area contributed by atoms with Crippen LogP contribution >= 0.6 is 27.5 Å². The number of nitrogens with two attached hydrogens (primary N) is 2. The van der Waals surface area contributed by atoms with Gasteiger partial charge in [-0.3, -0.25) is 0 Å². The number of hydrogen-bond donors (Lipinski definition) is 3. The lowest BCUT2D eigenvalue weighted by molar-refractivity contribution is 0.463. The summed E-state index contributed by atoms with van der Waals surface area (Å²) in [5.74, 6) is 0. The van der Waals surface area contributed by atoms with Crippen molar-refractivity contribution in [1.82, 2.24) is 0 Å². The summed E-state index contributed by atoms with van der Waals surface area (Å²) >= 11 is 9.43. The molecule has 0 spiro atoms. The fourth-order valence-electron chi connectivity index (χ4n) is 2.25. The lowest BCUT2D eigenvalue weighted by Crippen LogP contribution is -2.23. The van der Waals surface area contributed by atoms with E-state index in [2.05, 4.69) is 21.2 Å². The molecule has 5 N–H and O–H groups in total. The fourth-order valence-corrected chi connectivity index (χ4v) is 3.13. The number of halogens is 2. The van der Waals surface area contributed by atoms with E-state index in [4.69, 9.17) is 23.1 Å². The van der Waals surface area contributed by atoms with Crippen LogP contribution in [-0.4, -0.2) is 6.04 Å². The quantitative estimate of drug-likeness (QED) is 0.722. The average Bonchev–Trinajstić information content (AvgIpc) is 2.33. The van der Waals surface area contributed by atoms with Gasteiger partial charge >= 0.3 is 0 Å². The van der Waals surface area contributed by atoms with E-state index in [1.165, 1.54) is 32.1 Å². The molecule has 1 aliphatic carbocycles. The molecule has 1 aliphatic rings. The normalized spacial score (nSPS) is 17.1. The Morgan fingerprint density at radius 3 is 2.53 bits per heavy atom. The summed E-state index contributed by atoms with van der Waals surface area (Å²) in [6, 6.07) is 2.19. The molecular formula is C12H17BrClN3. The molecule has 94 valence electrons. The first-order valence-electron chi connectivity index (χ1n) is 5.89. The first-order valence-corrected chi connectivity index (χ1v) is 7.06. The van der Waals surface area contributed by atoms with Crippen LogP contribution in [0, 0.1) is 0 Å². The second-order valence-electron chi connectivity index (χ2n) is 4.53. The van der Waals surface area contributed by atoms with Crippen LogP contribution in [0.2, 0.25) is 5.02 Å². The van der Waals surface area contributed by atoms with Crippen molar-refractivity contribution in [2.24, 2.45) is 0 Å². The van der Waals surface area contributed by atoms with Gasteiger partial charge in [-0.2, -0.15) is 0 Å². The molecule has 1 aromatic carbocycles. The van der Waals surface area contributed by atoms with Gasteiger partial charge in [0.15, 0.2) is 0 Å². The van der Waals surface area contributed by atoms with E-state index in [0.717, 1.165) is 10.2 Å². The Labute approximate surface area is 115 Å². The molecule has 0 amide bonds. The maximum Gasteiger partial charge on any atom is 0.0742 e. The topological polar surface area (TPSA) is 64.1 Å². The predicted octanol–water partition coefficient (Wildman–Crippen LogP) is 4.01. The molecule has 1 fully saturated rings. The van der Waals surface area contributed by atoms with Crippen LogP contribution in [0.1, 0.15) is 32.1 Å². The van der Waals surface area contributed by atoms with Crippen molar-refractivity contribution in [2.45, 2.75) is 38.1 Å². The standard InChI is InChI=1S/C12H17BrClN3/c13-10-11(16)8(14)6-9(15)12(10)17-7-4-2-1-3-5-7/h6-7,17H,1-5,15-16H2. The van der Waals surface area contributed by atoms with Crippen LogP contribution in [0.5, 0.6) is 0 Å². The summed E-state index contributed by atoms with van der Waals surface area (Å²) in [7, 11) is 0. The molecule has 0 atom stereocenters. The highest BCUT2D eigenvalue weighted by Gasteiger charge is 2.17. The molecule has 2 rings (SSSR count). The fraction of sp³-hybridized carbons (Fsp3) is 0.500. The van der Waals surface area contributed by atoms with E-state index < -0.39 is 0 Å². The highest BCUT2D eigenvalue weighted by molar-refractivity contribution is 9.10. The molecule has 0 radical (unpaired) electrons. The Balaban J connectivity index is 2.22. The molecule has 0 aromatic heterocycles. The second-order valence-corrected chi connectivity index (χ2v) is 5.73. The third-order valence-electron chi connectivity index (χ3n) is 3.24. The smallest absolute Gasteiger partial charge is 0.0742 e. The Kier molecular flexibility index (Phi) is 4.05. The molecule has 5 heteroatoms. The van der Waals surface area contributed by atoms with E-state index in [-0.39, 0.29) is 0 Å². The van der Waals surface area contributed by atoms with E-state index in [9.17, 15) is 0 Å². The summed E-state index contributed by atoms with van der Waals surface area (Å²) in [4.78, 5) is 0. The van der Waals surface area contributed by atoms with Crippen LogP contribution in [0.25, 0.3) is 0 Å². The molecule has 1 aromatic rings. The van der Waals surface area contributed by atoms with Gasteiger partial charge in [0.25, 0.3) is 0 Å². The molecule has 0 unspecified atom stereocenters. The lowest BCUT2D eigenvalue weighted by Gasteiger charge is -2.25. The van der Waals surface area contributed by atoms with Gasteiger partial charge in [0.2, 0.25) is 0 Å². The average molecular weight is 319 g/mol. The van der Waals surface area contributed by atoms with Crippen LogP contribution in [0.4, 0.5) is 17.1 Å². The molecule has 0 aliphatic heterocycles. The molecule has 0 saturated heterocycles. The summed E-state index contributed by atoms with van der Waals surface area (Å²) in [5.41, 5.74) is 13.9. The molecular weight excluding hydrogens is 302 g/mol.